The fourth-order valence-corrected chi connectivity index (χ4v) is 4.26. The number of amides is 1. The molecule has 1 aliphatic heterocycles. The van der Waals surface area contributed by atoms with Crippen LogP contribution in [0, 0.1) is 0 Å². The summed E-state index contributed by atoms with van der Waals surface area (Å²) in [5.74, 6) is 1.02. The maximum atomic E-state index is 13.0. The van der Waals surface area contributed by atoms with Crippen molar-refractivity contribution in [3.8, 4) is 22.8 Å². The average molecular weight is 480 g/mol. The number of nitrogens with zero attached hydrogens (tertiary/aromatic N) is 2. The number of hydrogen-bond acceptors (Lipinski definition) is 5. The number of ether oxygens (including phenoxy) is 2. The lowest BCUT2D eigenvalue weighted by molar-refractivity contribution is -0.115. The van der Waals surface area contributed by atoms with Crippen molar-refractivity contribution in [1.29, 1.82) is 0 Å². The summed E-state index contributed by atoms with van der Waals surface area (Å²) in [5, 5.41) is 7.61. The van der Waals surface area contributed by atoms with E-state index in [2.05, 4.69) is 5.32 Å². The summed E-state index contributed by atoms with van der Waals surface area (Å²) in [4.78, 5) is 24.6. The van der Waals surface area contributed by atoms with Crippen molar-refractivity contribution < 1.29 is 19.1 Å². The van der Waals surface area contributed by atoms with Gasteiger partial charge in [0.2, 0.25) is 5.91 Å². The highest BCUT2D eigenvalue weighted by molar-refractivity contribution is 6.08. The first kappa shape index (κ1) is 23.1. The molecule has 0 spiro atoms. The Morgan fingerprint density at radius 3 is 2.61 bits per heavy atom. The number of allylic oxidation sites excluding steroid dienone is 1. The van der Waals surface area contributed by atoms with E-state index in [1.807, 2.05) is 59.4 Å². The van der Waals surface area contributed by atoms with E-state index in [4.69, 9.17) is 14.6 Å². The molecule has 1 amide bonds. The standard InChI is InChI=1S/C29H25N3O4/c1-35-26-13-10-21(15-27(26)36-2)29-22(18-32(31-29)17-19-6-4-3-5-7-19)9-12-25(33)20-8-11-24-23(14-20)16-28(34)30-24/h3-15,18H,16-17H2,1-2H3,(H,30,34)/b12-9+. The molecule has 3 aromatic carbocycles. The minimum Gasteiger partial charge on any atom is -0.493 e. The number of hydrogen-bond donors (Lipinski definition) is 1. The molecule has 180 valence electrons. The molecule has 7 nitrogen and oxygen atoms in total. The largest absolute Gasteiger partial charge is 0.493 e. The Morgan fingerprint density at radius 1 is 1.03 bits per heavy atom. The predicted molar refractivity (Wildman–Crippen MR) is 138 cm³/mol. The maximum absolute atomic E-state index is 13.0. The Hall–Kier alpha value is -4.65. The molecule has 7 heteroatoms. The Balaban J connectivity index is 1.48. The smallest absolute Gasteiger partial charge is 0.228 e. The zero-order valence-corrected chi connectivity index (χ0v) is 20.0. The van der Waals surface area contributed by atoms with Crippen LogP contribution in [0.5, 0.6) is 11.5 Å². The van der Waals surface area contributed by atoms with Gasteiger partial charge < -0.3 is 14.8 Å². The third-order valence-electron chi connectivity index (χ3n) is 6.06. The molecule has 0 bridgehead atoms. The van der Waals surface area contributed by atoms with Gasteiger partial charge in [-0.15, -0.1) is 0 Å². The average Bonchev–Trinajstić information content (AvgIpc) is 3.48. The normalized spacial score (nSPS) is 12.4. The van der Waals surface area contributed by atoms with Gasteiger partial charge in [-0.05, 0) is 59.7 Å². The van der Waals surface area contributed by atoms with Crippen molar-refractivity contribution in [3.05, 3.63) is 101 Å². The van der Waals surface area contributed by atoms with Gasteiger partial charge in [0, 0.05) is 28.6 Å². The topological polar surface area (TPSA) is 82.5 Å². The molecule has 36 heavy (non-hydrogen) atoms. The van der Waals surface area contributed by atoms with E-state index < -0.39 is 0 Å². The fourth-order valence-electron chi connectivity index (χ4n) is 4.26. The van der Waals surface area contributed by atoms with Crippen LogP contribution in [0.4, 0.5) is 5.69 Å². The molecule has 1 N–H and O–H groups in total. The number of nitrogens with one attached hydrogen (secondary N) is 1. The number of rotatable bonds is 8. The van der Waals surface area contributed by atoms with E-state index in [-0.39, 0.29) is 18.1 Å². The Labute approximate surface area is 209 Å². The molecule has 4 aromatic rings. The zero-order valence-electron chi connectivity index (χ0n) is 20.0. The van der Waals surface area contributed by atoms with Gasteiger partial charge in [0.05, 0.1) is 32.9 Å². The summed E-state index contributed by atoms with van der Waals surface area (Å²) >= 11 is 0. The number of benzene rings is 3. The molecule has 0 saturated carbocycles. The van der Waals surface area contributed by atoms with Crippen LogP contribution in [0.1, 0.15) is 27.0 Å². The maximum Gasteiger partial charge on any atom is 0.228 e. The number of anilines is 1. The SMILES string of the molecule is COc1ccc(-c2nn(Cc3ccccc3)cc2/C=C/C(=O)c2ccc3c(c2)CC(=O)N3)cc1OC. The van der Waals surface area contributed by atoms with E-state index in [0.717, 1.165) is 33.6 Å². The Morgan fingerprint density at radius 2 is 1.83 bits per heavy atom. The van der Waals surface area contributed by atoms with Gasteiger partial charge >= 0.3 is 0 Å². The first-order chi connectivity index (χ1) is 17.5. The lowest BCUT2D eigenvalue weighted by Gasteiger charge is -2.09. The second-order valence-corrected chi connectivity index (χ2v) is 8.48. The van der Waals surface area contributed by atoms with Crippen LogP contribution < -0.4 is 14.8 Å². The van der Waals surface area contributed by atoms with Gasteiger partial charge in [0.15, 0.2) is 17.3 Å². The summed E-state index contributed by atoms with van der Waals surface area (Å²) in [6, 6.07) is 21.0. The van der Waals surface area contributed by atoms with Crippen molar-refractivity contribution in [1.82, 2.24) is 9.78 Å². The van der Waals surface area contributed by atoms with Crippen LogP contribution >= 0.6 is 0 Å². The molecule has 5 rings (SSSR count). The van der Waals surface area contributed by atoms with E-state index in [0.29, 0.717) is 23.6 Å². The van der Waals surface area contributed by atoms with Crippen LogP contribution in [0.25, 0.3) is 17.3 Å². The van der Waals surface area contributed by atoms with E-state index >= 15 is 0 Å². The highest BCUT2D eigenvalue weighted by Gasteiger charge is 2.19. The molecule has 0 fully saturated rings. The highest BCUT2D eigenvalue weighted by Crippen LogP contribution is 2.33. The Bertz CT molecular complexity index is 1470. The van der Waals surface area contributed by atoms with Crippen molar-refractivity contribution in [2.45, 2.75) is 13.0 Å². The summed E-state index contributed by atoms with van der Waals surface area (Å²) in [6.45, 7) is 0.592. The van der Waals surface area contributed by atoms with Gasteiger partial charge in [-0.2, -0.15) is 5.10 Å². The number of carbonyl (C=O) groups is 2. The van der Waals surface area contributed by atoms with Crippen LogP contribution in [-0.4, -0.2) is 35.7 Å². The Kier molecular flexibility index (Phi) is 6.36. The molecule has 0 atom stereocenters. The van der Waals surface area contributed by atoms with Gasteiger partial charge in [0.25, 0.3) is 0 Å². The van der Waals surface area contributed by atoms with E-state index in [1.54, 1.807) is 44.6 Å². The van der Waals surface area contributed by atoms with Crippen LogP contribution in [0.3, 0.4) is 0 Å². The van der Waals surface area contributed by atoms with Gasteiger partial charge in [-0.25, -0.2) is 0 Å². The monoisotopic (exact) mass is 479 g/mol. The minimum atomic E-state index is -0.147. The van der Waals surface area contributed by atoms with Gasteiger partial charge in [-0.3, -0.25) is 14.3 Å². The molecule has 0 aliphatic carbocycles. The van der Waals surface area contributed by atoms with E-state index in [9.17, 15) is 9.59 Å². The molecular formula is C29H25N3O4. The van der Waals surface area contributed by atoms with Crippen molar-refractivity contribution in [2.75, 3.05) is 19.5 Å². The second-order valence-electron chi connectivity index (χ2n) is 8.48. The first-order valence-electron chi connectivity index (χ1n) is 11.5. The lowest BCUT2D eigenvalue weighted by Crippen LogP contribution is -2.03. The van der Waals surface area contributed by atoms with Crippen LogP contribution in [0.15, 0.2) is 79.0 Å². The molecule has 0 saturated heterocycles. The van der Waals surface area contributed by atoms with Crippen molar-refractivity contribution >= 4 is 23.5 Å². The second kappa shape index (κ2) is 9.92. The molecule has 0 unspecified atom stereocenters. The number of ketones is 1. The highest BCUT2D eigenvalue weighted by atomic mass is 16.5. The molecule has 1 aromatic heterocycles. The third kappa shape index (κ3) is 4.77. The number of fused-ring (bicyclic) bond motifs is 1. The molecular weight excluding hydrogens is 454 g/mol. The molecule has 0 radical (unpaired) electrons. The summed E-state index contributed by atoms with van der Waals surface area (Å²) in [6.07, 6.45) is 5.53. The zero-order chi connectivity index (χ0) is 25.1. The third-order valence-corrected chi connectivity index (χ3v) is 6.06. The summed E-state index contributed by atoms with van der Waals surface area (Å²) in [5.41, 5.74) is 5.61. The molecule has 1 aliphatic rings. The van der Waals surface area contributed by atoms with Gasteiger partial charge in [-0.1, -0.05) is 30.3 Å². The van der Waals surface area contributed by atoms with Crippen LogP contribution in [-0.2, 0) is 17.8 Å². The predicted octanol–water partition coefficient (Wildman–Crippen LogP) is 5.01. The van der Waals surface area contributed by atoms with Crippen LogP contribution in [0.2, 0.25) is 0 Å². The number of methoxy groups -OCH3 is 2. The molecule has 2 heterocycles. The van der Waals surface area contributed by atoms with Gasteiger partial charge in [0.1, 0.15) is 0 Å². The quantitative estimate of drug-likeness (QED) is 0.284. The number of carbonyl (C=O) groups excluding carboxylic acids is 2. The van der Waals surface area contributed by atoms with Crippen molar-refractivity contribution in [3.63, 3.8) is 0 Å². The van der Waals surface area contributed by atoms with Crippen molar-refractivity contribution in [2.24, 2.45) is 0 Å². The fraction of sp³-hybridized carbons (Fsp3) is 0.138. The minimum absolute atomic E-state index is 0.0597. The lowest BCUT2D eigenvalue weighted by atomic mass is 10.0. The van der Waals surface area contributed by atoms with E-state index in [1.165, 1.54) is 0 Å². The first-order valence-corrected chi connectivity index (χ1v) is 11.5. The number of aromatic nitrogens is 2. The summed E-state index contributed by atoms with van der Waals surface area (Å²) in [7, 11) is 3.19. The summed E-state index contributed by atoms with van der Waals surface area (Å²) < 4.78 is 12.7.